The molecule has 4 aliphatic carbocycles. The number of anilines is 1. The van der Waals surface area contributed by atoms with Crippen LogP contribution in [0, 0.1) is 23.2 Å². The lowest BCUT2D eigenvalue weighted by molar-refractivity contribution is -0.140. The number of aromatic nitrogens is 1. The highest BCUT2D eigenvalue weighted by atomic mass is 32.2. The number of thiazole rings is 1. The molecule has 6 rings (SSSR count). The highest BCUT2D eigenvalue weighted by Crippen LogP contribution is 2.60. The van der Waals surface area contributed by atoms with E-state index in [0.29, 0.717) is 0 Å². The maximum Gasteiger partial charge on any atom is 0.232 e. The number of thioether (sulfide) groups is 1. The molecule has 0 spiro atoms. The van der Waals surface area contributed by atoms with Crippen molar-refractivity contribution >= 4 is 34.1 Å². The van der Waals surface area contributed by atoms with Crippen molar-refractivity contribution in [2.24, 2.45) is 23.2 Å². The fraction of sp³-hybridized carbons (Fsp3) is 0.583. The van der Waals surface area contributed by atoms with Gasteiger partial charge in [0.15, 0.2) is 5.13 Å². The summed E-state index contributed by atoms with van der Waals surface area (Å²) in [6.07, 6.45) is 7.31. The molecule has 4 saturated carbocycles. The first-order chi connectivity index (χ1) is 15.0. The van der Waals surface area contributed by atoms with Crippen LogP contribution in [-0.2, 0) is 16.3 Å². The van der Waals surface area contributed by atoms with Crippen molar-refractivity contribution in [3.8, 4) is 11.5 Å². The van der Waals surface area contributed by atoms with Gasteiger partial charge in [0.05, 0.1) is 25.3 Å². The van der Waals surface area contributed by atoms with Gasteiger partial charge >= 0.3 is 0 Å². The number of carbonyl (C=O) groups is 1. The Balaban J connectivity index is 1.16. The number of benzene rings is 1. The van der Waals surface area contributed by atoms with Crippen LogP contribution in [0.4, 0.5) is 5.13 Å². The van der Waals surface area contributed by atoms with Gasteiger partial charge in [0.1, 0.15) is 11.5 Å². The second-order valence-corrected chi connectivity index (χ2v) is 11.4. The number of rotatable bonds is 8. The van der Waals surface area contributed by atoms with E-state index in [-0.39, 0.29) is 11.3 Å². The number of nitrogens with zero attached hydrogens (tertiary/aromatic N) is 1. The quantitative estimate of drug-likeness (QED) is 0.546. The summed E-state index contributed by atoms with van der Waals surface area (Å²) in [6.45, 7) is 0. The monoisotopic (exact) mass is 458 g/mol. The van der Waals surface area contributed by atoms with Crippen LogP contribution < -0.4 is 14.8 Å². The van der Waals surface area contributed by atoms with E-state index in [1.807, 2.05) is 18.2 Å². The molecule has 5 nitrogen and oxygen atoms in total. The van der Waals surface area contributed by atoms with Gasteiger partial charge in [0.2, 0.25) is 5.91 Å². The van der Waals surface area contributed by atoms with E-state index < -0.39 is 0 Å². The Morgan fingerprint density at radius 3 is 2.26 bits per heavy atom. The third-order valence-corrected chi connectivity index (χ3v) is 9.07. The van der Waals surface area contributed by atoms with Gasteiger partial charge < -0.3 is 14.8 Å². The fourth-order valence-corrected chi connectivity index (χ4v) is 7.94. The molecule has 4 aliphatic rings. The van der Waals surface area contributed by atoms with Crippen LogP contribution in [0.25, 0.3) is 0 Å². The van der Waals surface area contributed by atoms with Crippen LogP contribution >= 0.6 is 23.1 Å². The van der Waals surface area contributed by atoms with Crippen LogP contribution in [0.1, 0.15) is 49.8 Å². The summed E-state index contributed by atoms with van der Waals surface area (Å²) in [6, 6.07) is 5.95. The van der Waals surface area contributed by atoms with Crippen molar-refractivity contribution in [1.29, 1.82) is 0 Å². The molecule has 1 amide bonds. The SMILES string of the molecule is COc1cc(CSCc2csc(NC(=O)C34CC5CC(CC(C5)C3)C4)n2)cc(OC)c1. The van der Waals surface area contributed by atoms with Crippen LogP contribution in [0.5, 0.6) is 11.5 Å². The molecular weight excluding hydrogens is 428 g/mol. The van der Waals surface area contributed by atoms with Crippen molar-refractivity contribution < 1.29 is 14.3 Å². The summed E-state index contributed by atoms with van der Waals surface area (Å²) in [5.41, 5.74) is 2.05. The van der Waals surface area contributed by atoms with E-state index >= 15 is 0 Å². The number of ether oxygens (including phenoxy) is 2. The summed E-state index contributed by atoms with van der Waals surface area (Å²) in [5.74, 6) is 5.81. The largest absolute Gasteiger partial charge is 0.497 e. The summed E-state index contributed by atoms with van der Waals surface area (Å²) in [5, 5.41) is 6.00. The van der Waals surface area contributed by atoms with Gasteiger partial charge in [0, 0.05) is 23.0 Å². The van der Waals surface area contributed by atoms with E-state index in [1.54, 1.807) is 37.3 Å². The van der Waals surface area contributed by atoms with E-state index in [2.05, 4.69) is 10.7 Å². The first kappa shape index (κ1) is 21.1. The average molecular weight is 459 g/mol. The molecule has 2 aromatic rings. The molecule has 4 fully saturated rings. The molecule has 166 valence electrons. The average Bonchev–Trinajstić information content (AvgIpc) is 3.19. The Morgan fingerprint density at radius 2 is 1.68 bits per heavy atom. The predicted molar refractivity (Wildman–Crippen MR) is 126 cm³/mol. The standard InChI is InChI=1S/C24H30N2O3S2/c1-28-20-6-18(7-21(8-20)29-2)12-30-13-19-14-31-23(25-19)26-22(27)24-9-15-3-16(10-24)5-17(4-15)11-24/h6-8,14-17H,3-5,9-13H2,1-2H3,(H,25,26,27). The van der Waals surface area contributed by atoms with E-state index in [9.17, 15) is 4.79 Å². The van der Waals surface area contributed by atoms with Gasteiger partial charge in [-0.25, -0.2) is 4.98 Å². The maximum atomic E-state index is 13.2. The second-order valence-electron chi connectivity index (χ2n) is 9.51. The highest BCUT2D eigenvalue weighted by Gasteiger charge is 2.54. The molecule has 1 N–H and O–H groups in total. The molecule has 1 heterocycles. The zero-order chi connectivity index (χ0) is 21.4. The van der Waals surface area contributed by atoms with Gasteiger partial charge in [-0.05, 0) is 74.0 Å². The summed E-state index contributed by atoms with van der Waals surface area (Å²) < 4.78 is 10.7. The van der Waals surface area contributed by atoms with Crippen LogP contribution in [-0.4, -0.2) is 25.1 Å². The van der Waals surface area contributed by atoms with Crippen LogP contribution in [0.3, 0.4) is 0 Å². The molecule has 7 heteroatoms. The Kier molecular flexibility index (Phi) is 5.90. The number of hydrogen-bond donors (Lipinski definition) is 1. The Bertz CT molecular complexity index is 901. The molecule has 1 aromatic carbocycles. The molecule has 31 heavy (non-hydrogen) atoms. The second kappa shape index (κ2) is 8.66. The van der Waals surface area contributed by atoms with E-state index in [4.69, 9.17) is 14.5 Å². The molecular formula is C24H30N2O3S2. The fourth-order valence-electron chi connectivity index (χ4n) is 6.27. The first-order valence-electron chi connectivity index (χ1n) is 11.1. The van der Waals surface area contributed by atoms with Crippen molar-refractivity contribution in [3.05, 3.63) is 34.8 Å². The third kappa shape index (κ3) is 4.44. The maximum absolute atomic E-state index is 13.2. The Hall–Kier alpha value is -1.73. The molecule has 0 unspecified atom stereocenters. The van der Waals surface area contributed by atoms with E-state index in [0.717, 1.165) is 76.4 Å². The Morgan fingerprint density at radius 1 is 1.06 bits per heavy atom. The minimum Gasteiger partial charge on any atom is -0.497 e. The number of hydrogen-bond acceptors (Lipinski definition) is 6. The number of methoxy groups -OCH3 is 2. The minimum absolute atomic E-state index is 0.124. The van der Waals surface area contributed by atoms with Crippen molar-refractivity contribution in [3.63, 3.8) is 0 Å². The molecule has 0 aliphatic heterocycles. The normalized spacial score (nSPS) is 28.5. The minimum atomic E-state index is -0.124. The first-order valence-corrected chi connectivity index (χ1v) is 13.1. The number of amides is 1. The van der Waals surface area contributed by atoms with Gasteiger partial charge in [-0.1, -0.05) is 0 Å². The zero-order valence-electron chi connectivity index (χ0n) is 18.2. The van der Waals surface area contributed by atoms with Gasteiger partial charge in [-0.3, -0.25) is 4.79 Å². The molecule has 0 saturated heterocycles. The third-order valence-electron chi connectivity index (χ3n) is 7.22. The van der Waals surface area contributed by atoms with Gasteiger partial charge in [0.25, 0.3) is 0 Å². The van der Waals surface area contributed by atoms with Gasteiger partial charge in [-0.2, -0.15) is 11.8 Å². The molecule has 1 aromatic heterocycles. The summed E-state index contributed by atoms with van der Waals surface area (Å²) in [4.78, 5) is 17.9. The van der Waals surface area contributed by atoms with Crippen LogP contribution in [0.15, 0.2) is 23.6 Å². The summed E-state index contributed by atoms with van der Waals surface area (Å²) >= 11 is 3.34. The molecule has 0 radical (unpaired) electrons. The van der Waals surface area contributed by atoms with Crippen molar-refractivity contribution in [2.45, 2.75) is 50.0 Å². The molecule has 0 atom stereocenters. The topological polar surface area (TPSA) is 60.5 Å². The van der Waals surface area contributed by atoms with Gasteiger partial charge in [-0.15, -0.1) is 11.3 Å². The smallest absolute Gasteiger partial charge is 0.232 e. The lowest BCUT2D eigenvalue weighted by atomic mass is 9.49. The number of nitrogens with one attached hydrogen (secondary N) is 1. The zero-order valence-corrected chi connectivity index (χ0v) is 19.8. The lowest BCUT2D eigenvalue weighted by Crippen LogP contribution is -2.51. The Labute approximate surface area is 192 Å². The highest BCUT2D eigenvalue weighted by molar-refractivity contribution is 7.97. The number of carbonyl (C=O) groups excluding carboxylic acids is 1. The molecule has 4 bridgehead atoms. The summed E-state index contributed by atoms with van der Waals surface area (Å²) in [7, 11) is 3.33. The van der Waals surface area contributed by atoms with Crippen LogP contribution in [0.2, 0.25) is 0 Å². The van der Waals surface area contributed by atoms with Crippen molar-refractivity contribution in [2.75, 3.05) is 19.5 Å². The van der Waals surface area contributed by atoms with E-state index in [1.165, 1.54) is 19.3 Å². The van der Waals surface area contributed by atoms with Crippen molar-refractivity contribution in [1.82, 2.24) is 4.98 Å². The predicted octanol–water partition coefficient (Wildman–Crippen LogP) is 5.75. The lowest BCUT2D eigenvalue weighted by Gasteiger charge is -2.55.